The van der Waals surface area contributed by atoms with Crippen molar-refractivity contribution in [1.29, 1.82) is 0 Å². The summed E-state index contributed by atoms with van der Waals surface area (Å²) in [5.41, 5.74) is 28.1. The molecule has 2 aromatic heterocycles. The molecule has 0 saturated carbocycles. The van der Waals surface area contributed by atoms with Crippen LogP contribution < -0.4 is 18.9 Å². The molecule has 0 saturated heterocycles. The first kappa shape index (κ1) is 69.2. The Labute approximate surface area is 555 Å². The van der Waals surface area contributed by atoms with Gasteiger partial charge in [0.2, 0.25) is 0 Å². The Bertz CT molecular complexity index is 3720. The van der Waals surface area contributed by atoms with Crippen molar-refractivity contribution < 1.29 is 18.9 Å². The minimum atomic E-state index is -1.99. The molecule has 0 amide bonds. The minimum Gasteiger partial charge on any atom is -0.429 e. The lowest BCUT2D eigenvalue weighted by atomic mass is 10.1. The highest BCUT2D eigenvalue weighted by Crippen LogP contribution is 2.52. The number of aromatic nitrogens is 4. The van der Waals surface area contributed by atoms with Crippen molar-refractivity contribution in [1.82, 2.24) is 19.9 Å². The summed E-state index contributed by atoms with van der Waals surface area (Å²) in [6.07, 6.45) is 0. The SMILES string of the molecule is CC(C)[Si](C#Cc1ccc(C#C[Si](C(C)C)(C(C)C)C(C)C)c2c1Oc1nc3cc4ccccc4cc3nc1O2)(C(C)C)C(C)C.CC(C)[Si](C#Cc1ccc(C#C[Si](C(C)C)(C(C)C)C(C)C)c2c1Oc1nc3cc4ccccc4cc3nc1O2)(C(C)C)C(C)C. The second kappa shape index (κ2) is 27.4. The molecule has 0 fully saturated rings. The van der Waals surface area contributed by atoms with Gasteiger partial charge in [-0.2, -0.15) is 0 Å². The first-order chi connectivity index (χ1) is 43.4. The Morgan fingerprint density at radius 2 is 0.413 bits per heavy atom. The topological polar surface area (TPSA) is 88.5 Å². The monoisotopic (exact) mass is 1290 g/mol. The van der Waals surface area contributed by atoms with Crippen LogP contribution in [0.25, 0.3) is 43.6 Å². The van der Waals surface area contributed by atoms with Crippen LogP contribution in [0.2, 0.25) is 66.5 Å². The van der Waals surface area contributed by atoms with Crippen LogP contribution in [-0.2, 0) is 0 Å². The highest BCUT2D eigenvalue weighted by Gasteiger charge is 2.45. The van der Waals surface area contributed by atoms with Crippen LogP contribution in [0.3, 0.4) is 0 Å². The van der Waals surface area contributed by atoms with Crippen LogP contribution in [-0.4, -0.2) is 52.2 Å². The summed E-state index contributed by atoms with van der Waals surface area (Å²) in [5, 5.41) is 4.43. The fraction of sp³-hybridized carbons (Fsp3) is 0.450. The molecular weight excluding hydrogens is 1190 g/mol. The lowest BCUT2D eigenvalue weighted by Crippen LogP contribution is -2.43. The molecule has 0 radical (unpaired) electrons. The third kappa shape index (κ3) is 12.7. The molecule has 0 N–H and O–H groups in total. The summed E-state index contributed by atoms with van der Waals surface area (Å²) < 4.78 is 26.6. The van der Waals surface area contributed by atoms with Crippen LogP contribution in [0, 0.1) is 45.9 Å². The Morgan fingerprint density at radius 3 is 0.565 bits per heavy atom. The van der Waals surface area contributed by atoms with Gasteiger partial charge in [0.15, 0.2) is 23.0 Å². The number of hydrogen-bond acceptors (Lipinski definition) is 8. The number of benzene rings is 6. The summed E-state index contributed by atoms with van der Waals surface area (Å²) in [6, 6.07) is 33.0. The van der Waals surface area contributed by atoms with E-state index in [9.17, 15) is 0 Å². The first-order valence-electron chi connectivity index (χ1n) is 34.0. The van der Waals surface area contributed by atoms with Gasteiger partial charge in [-0.05, 0) is 137 Å². The number of fused-ring (bicyclic) bond motifs is 8. The molecule has 8 aromatic rings. The van der Waals surface area contributed by atoms with Gasteiger partial charge in [0.1, 0.15) is 32.3 Å². The van der Waals surface area contributed by atoms with Gasteiger partial charge in [-0.1, -0.05) is 238 Å². The zero-order valence-electron chi connectivity index (χ0n) is 59.6. The average Bonchev–Trinajstić information content (AvgIpc) is 0.758. The van der Waals surface area contributed by atoms with Crippen molar-refractivity contribution in [3.63, 3.8) is 0 Å². The highest BCUT2D eigenvalue weighted by atomic mass is 28.3. The van der Waals surface area contributed by atoms with Gasteiger partial charge in [0, 0.05) is 0 Å². The van der Waals surface area contributed by atoms with Crippen molar-refractivity contribution in [2.24, 2.45) is 0 Å². The van der Waals surface area contributed by atoms with E-state index in [1.165, 1.54) is 0 Å². The number of ether oxygens (including phenoxy) is 4. The Kier molecular flexibility index (Phi) is 20.6. The number of rotatable bonds is 12. The van der Waals surface area contributed by atoms with E-state index in [4.69, 9.17) is 38.9 Å². The van der Waals surface area contributed by atoms with Gasteiger partial charge in [-0.15, -0.1) is 22.2 Å². The summed E-state index contributed by atoms with van der Waals surface area (Å²) in [6.45, 7) is 56.1. The third-order valence-electron chi connectivity index (χ3n) is 21.1. The Morgan fingerprint density at radius 1 is 0.250 bits per heavy atom. The zero-order valence-corrected chi connectivity index (χ0v) is 63.6. The number of nitrogens with zero attached hydrogens (tertiary/aromatic N) is 4. The van der Waals surface area contributed by atoms with Crippen LogP contribution in [0.1, 0.15) is 188 Å². The molecule has 0 unspecified atom stereocenters. The van der Waals surface area contributed by atoms with Crippen molar-refractivity contribution in [2.75, 3.05) is 0 Å². The van der Waals surface area contributed by atoms with Crippen LogP contribution >= 0.6 is 0 Å². The molecule has 0 aliphatic carbocycles. The molecule has 10 rings (SSSR count). The van der Waals surface area contributed by atoms with Crippen molar-refractivity contribution in [3.8, 4) is 92.4 Å². The number of hydrogen-bond donors (Lipinski definition) is 0. The van der Waals surface area contributed by atoms with E-state index in [0.717, 1.165) is 65.9 Å². The van der Waals surface area contributed by atoms with E-state index in [2.05, 4.69) is 285 Å². The molecule has 0 atom stereocenters. The van der Waals surface area contributed by atoms with Gasteiger partial charge in [0.05, 0.1) is 44.3 Å². The lowest BCUT2D eigenvalue weighted by molar-refractivity contribution is 0.337. The largest absolute Gasteiger partial charge is 0.429 e. The minimum absolute atomic E-state index is 0.360. The second-order valence-electron chi connectivity index (χ2n) is 29.7. The molecule has 4 heterocycles. The van der Waals surface area contributed by atoms with Gasteiger partial charge in [0.25, 0.3) is 23.5 Å². The normalized spacial score (nSPS) is 13.1. The van der Waals surface area contributed by atoms with Crippen LogP contribution in [0.5, 0.6) is 46.5 Å². The molecule has 8 nitrogen and oxygen atoms in total. The Hall–Kier alpha value is -7.17. The summed E-state index contributed by atoms with van der Waals surface area (Å²) >= 11 is 0. The van der Waals surface area contributed by atoms with Gasteiger partial charge < -0.3 is 18.9 Å². The highest BCUT2D eigenvalue weighted by molar-refractivity contribution is 6.92. The molecule has 0 spiro atoms. The lowest BCUT2D eigenvalue weighted by Gasteiger charge is -2.38. The third-order valence-corrected chi connectivity index (χ3v) is 46.2. The summed E-state index contributed by atoms with van der Waals surface area (Å²) in [4.78, 5) is 19.6. The van der Waals surface area contributed by atoms with Crippen LogP contribution in [0.4, 0.5) is 0 Å². The molecule has 6 aromatic carbocycles. The molecule has 12 heteroatoms. The Balaban J connectivity index is 0.000000217. The van der Waals surface area contributed by atoms with E-state index in [0.29, 0.717) is 113 Å². The molecule has 0 bridgehead atoms. The zero-order chi connectivity index (χ0) is 67.1. The molecule has 2 aliphatic rings. The quantitative estimate of drug-likeness (QED) is 0.0679. The van der Waals surface area contributed by atoms with E-state index in [-0.39, 0.29) is 0 Å². The van der Waals surface area contributed by atoms with Gasteiger partial charge in [-0.3, -0.25) is 0 Å². The van der Waals surface area contributed by atoms with Gasteiger partial charge >= 0.3 is 0 Å². The fourth-order valence-electron chi connectivity index (χ4n) is 16.4. The summed E-state index contributed by atoms with van der Waals surface area (Å²) in [5.74, 6) is 18.3. The van der Waals surface area contributed by atoms with E-state index in [1.807, 2.05) is 24.3 Å². The first-order valence-corrected chi connectivity index (χ1v) is 43.0. The molecule has 2 aliphatic heterocycles. The molecule has 480 valence electrons. The maximum Gasteiger partial charge on any atom is 0.284 e. The van der Waals surface area contributed by atoms with Crippen LogP contribution in [0.15, 0.2) is 97.1 Å². The standard InChI is InChI=1S/2C40H50N2O2Si2/c2*1-25(2)45(26(3)4,27(5)6)21-19-31-17-18-32(20-22-46(28(7)8,29(9)10)30(11)12)38-37(31)43-39-40(44-38)42-36-24-34-16-14-13-15-33(34)23-35(36)41-39/h2*13-18,23-30H,1-12H3. The van der Waals surface area contributed by atoms with E-state index >= 15 is 0 Å². The molecule has 92 heavy (non-hydrogen) atoms. The van der Waals surface area contributed by atoms with Crippen molar-refractivity contribution in [2.45, 2.75) is 233 Å². The van der Waals surface area contributed by atoms with E-state index in [1.54, 1.807) is 0 Å². The molecular formula is C80H100N4O4Si4. The predicted octanol–water partition coefficient (Wildman–Crippen LogP) is 23.6. The second-order valence-corrected chi connectivity index (χ2v) is 52.0. The maximum absolute atomic E-state index is 6.65. The predicted molar refractivity (Wildman–Crippen MR) is 399 cm³/mol. The average molecular weight is 1290 g/mol. The smallest absolute Gasteiger partial charge is 0.284 e. The summed E-state index contributed by atoms with van der Waals surface area (Å²) in [7, 11) is -7.96. The fourth-order valence-corrected chi connectivity index (χ4v) is 37.3. The van der Waals surface area contributed by atoms with Crippen molar-refractivity contribution in [3.05, 3.63) is 119 Å². The maximum atomic E-state index is 6.65. The van der Waals surface area contributed by atoms with E-state index < -0.39 is 32.3 Å². The van der Waals surface area contributed by atoms with Gasteiger partial charge in [-0.25, -0.2) is 19.9 Å². The van der Waals surface area contributed by atoms with Crippen molar-refractivity contribution >= 4 is 75.9 Å².